The van der Waals surface area contributed by atoms with E-state index in [2.05, 4.69) is 70.8 Å². The molecule has 0 N–H and O–H groups in total. The average molecular weight is 284 g/mol. The molecule has 1 atom stereocenters. The predicted octanol–water partition coefficient (Wildman–Crippen LogP) is 2.92. The first-order valence-corrected chi connectivity index (χ1v) is 7.74. The van der Waals surface area contributed by atoms with Crippen LogP contribution in [0.2, 0.25) is 0 Å². The first kappa shape index (κ1) is 14.3. The molecule has 1 unspecified atom stereocenters. The van der Waals surface area contributed by atoms with Gasteiger partial charge in [-0.05, 0) is 17.9 Å². The van der Waals surface area contributed by atoms with E-state index in [4.69, 9.17) is 0 Å². The van der Waals surface area contributed by atoms with Crippen molar-refractivity contribution in [1.82, 2.24) is 19.7 Å². The second-order valence-electron chi connectivity index (χ2n) is 6.65. The molecule has 2 heterocycles. The topological polar surface area (TPSA) is 34.0 Å². The van der Waals surface area contributed by atoms with Crippen LogP contribution in [0.25, 0.3) is 0 Å². The summed E-state index contributed by atoms with van der Waals surface area (Å²) in [6, 6.07) is 10.9. The second kappa shape index (κ2) is 5.60. The van der Waals surface area contributed by atoms with E-state index in [-0.39, 0.29) is 0 Å². The van der Waals surface area contributed by atoms with Crippen molar-refractivity contribution in [3.63, 3.8) is 0 Å². The summed E-state index contributed by atoms with van der Waals surface area (Å²) < 4.78 is 2.13. The summed E-state index contributed by atoms with van der Waals surface area (Å²) in [5, 5.41) is 8.30. The zero-order valence-corrected chi connectivity index (χ0v) is 13.2. The van der Waals surface area contributed by atoms with E-state index < -0.39 is 0 Å². The number of benzene rings is 1. The number of nitrogens with zero attached hydrogens (tertiary/aromatic N) is 4. The number of rotatable bonds is 4. The first-order chi connectivity index (χ1) is 10.1. The highest BCUT2D eigenvalue weighted by molar-refractivity contribution is 5.24. The monoisotopic (exact) mass is 284 g/mol. The Morgan fingerprint density at radius 1 is 1.24 bits per heavy atom. The van der Waals surface area contributed by atoms with Gasteiger partial charge in [-0.2, -0.15) is 0 Å². The number of aryl methyl sites for hydroxylation is 1. The maximum absolute atomic E-state index is 4.27. The summed E-state index contributed by atoms with van der Waals surface area (Å²) in [5.74, 6) is 1.65. The van der Waals surface area contributed by atoms with Crippen LogP contribution in [-0.2, 0) is 13.1 Å². The molecular weight excluding hydrogens is 260 g/mol. The Hall–Kier alpha value is -1.68. The summed E-state index contributed by atoms with van der Waals surface area (Å²) in [7, 11) is 0. The van der Waals surface area contributed by atoms with Gasteiger partial charge in [0, 0.05) is 25.6 Å². The van der Waals surface area contributed by atoms with Gasteiger partial charge in [0.05, 0.1) is 6.54 Å². The van der Waals surface area contributed by atoms with Crippen molar-refractivity contribution in [1.29, 1.82) is 0 Å². The van der Waals surface area contributed by atoms with Gasteiger partial charge >= 0.3 is 0 Å². The van der Waals surface area contributed by atoms with Crippen molar-refractivity contribution < 1.29 is 0 Å². The van der Waals surface area contributed by atoms with E-state index >= 15 is 0 Å². The van der Waals surface area contributed by atoms with Crippen LogP contribution < -0.4 is 0 Å². The van der Waals surface area contributed by atoms with Crippen molar-refractivity contribution in [2.45, 2.75) is 39.8 Å². The van der Waals surface area contributed by atoms with Gasteiger partial charge in [-0.25, -0.2) is 0 Å². The van der Waals surface area contributed by atoms with E-state index in [0.29, 0.717) is 11.3 Å². The van der Waals surface area contributed by atoms with Crippen molar-refractivity contribution in [2.75, 3.05) is 13.1 Å². The molecule has 0 spiro atoms. The fourth-order valence-electron chi connectivity index (χ4n) is 3.48. The standard InChI is InChI=1S/C17H24N4/c1-4-21-13-18-19-16(21)11-20-10-15(17(2,3)12-20)14-8-6-5-7-9-14/h5-9,13,15H,4,10-12H2,1-3H3. The minimum Gasteiger partial charge on any atom is -0.317 e. The smallest absolute Gasteiger partial charge is 0.146 e. The molecule has 0 saturated carbocycles. The van der Waals surface area contributed by atoms with Crippen molar-refractivity contribution in [3.05, 3.63) is 48.0 Å². The Bertz CT molecular complexity index is 588. The SMILES string of the molecule is CCn1cnnc1CN1CC(c2ccccc2)C(C)(C)C1. The van der Waals surface area contributed by atoms with E-state index in [9.17, 15) is 0 Å². The molecule has 1 fully saturated rings. The molecule has 1 aromatic carbocycles. The third kappa shape index (κ3) is 2.86. The van der Waals surface area contributed by atoms with E-state index in [0.717, 1.165) is 32.0 Å². The Labute approximate surface area is 126 Å². The number of hydrogen-bond acceptors (Lipinski definition) is 3. The Balaban J connectivity index is 1.76. The highest BCUT2D eigenvalue weighted by atomic mass is 15.3. The van der Waals surface area contributed by atoms with E-state index in [1.165, 1.54) is 5.56 Å². The van der Waals surface area contributed by atoms with Gasteiger partial charge in [0.15, 0.2) is 0 Å². The van der Waals surface area contributed by atoms with Gasteiger partial charge in [0.25, 0.3) is 0 Å². The maximum Gasteiger partial charge on any atom is 0.146 e. The van der Waals surface area contributed by atoms with Crippen LogP contribution in [0, 0.1) is 5.41 Å². The zero-order valence-electron chi connectivity index (χ0n) is 13.2. The van der Waals surface area contributed by atoms with Crippen LogP contribution >= 0.6 is 0 Å². The second-order valence-corrected chi connectivity index (χ2v) is 6.65. The fraction of sp³-hybridized carbons (Fsp3) is 0.529. The molecule has 3 rings (SSSR count). The molecule has 4 nitrogen and oxygen atoms in total. The van der Waals surface area contributed by atoms with Crippen LogP contribution in [0.1, 0.15) is 38.1 Å². The minimum absolute atomic E-state index is 0.290. The lowest BCUT2D eigenvalue weighted by molar-refractivity contribution is 0.273. The van der Waals surface area contributed by atoms with Gasteiger partial charge in [-0.3, -0.25) is 4.90 Å². The van der Waals surface area contributed by atoms with Gasteiger partial charge in [0.2, 0.25) is 0 Å². The third-order valence-electron chi connectivity index (χ3n) is 4.62. The quantitative estimate of drug-likeness (QED) is 0.865. The first-order valence-electron chi connectivity index (χ1n) is 7.74. The highest BCUT2D eigenvalue weighted by Gasteiger charge is 2.40. The summed E-state index contributed by atoms with van der Waals surface area (Å²) in [6.07, 6.45) is 1.82. The molecule has 0 radical (unpaired) electrons. The number of hydrogen-bond donors (Lipinski definition) is 0. The normalized spacial score (nSPS) is 21.8. The third-order valence-corrected chi connectivity index (χ3v) is 4.62. The molecule has 1 aromatic heterocycles. The molecule has 0 amide bonds. The zero-order chi connectivity index (χ0) is 14.9. The van der Waals surface area contributed by atoms with E-state index in [1.807, 2.05) is 6.33 Å². The van der Waals surface area contributed by atoms with Crippen molar-refractivity contribution >= 4 is 0 Å². The summed E-state index contributed by atoms with van der Waals surface area (Å²) in [6.45, 7) is 10.9. The van der Waals surface area contributed by atoms with Crippen LogP contribution in [0.3, 0.4) is 0 Å². The van der Waals surface area contributed by atoms with Gasteiger partial charge in [-0.1, -0.05) is 44.2 Å². The molecule has 112 valence electrons. The van der Waals surface area contributed by atoms with Gasteiger partial charge in [0.1, 0.15) is 12.2 Å². The lowest BCUT2D eigenvalue weighted by Crippen LogP contribution is -2.24. The lowest BCUT2D eigenvalue weighted by atomic mass is 9.78. The van der Waals surface area contributed by atoms with Gasteiger partial charge in [-0.15, -0.1) is 10.2 Å². The summed E-state index contributed by atoms with van der Waals surface area (Å²) in [4.78, 5) is 2.51. The molecular formula is C17H24N4. The lowest BCUT2D eigenvalue weighted by Gasteiger charge is -2.26. The number of aromatic nitrogens is 3. The largest absolute Gasteiger partial charge is 0.317 e. The molecule has 0 bridgehead atoms. The fourth-order valence-corrected chi connectivity index (χ4v) is 3.48. The predicted molar refractivity (Wildman–Crippen MR) is 83.9 cm³/mol. The van der Waals surface area contributed by atoms with Crippen LogP contribution in [0.5, 0.6) is 0 Å². The molecule has 21 heavy (non-hydrogen) atoms. The Morgan fingerprint density at radius 2 is 2.00 bits per heavy atom. The van der Waals surface area contributed by atoms with Crippen LogP contribution in [-0.4, -0.2) is 32.8 Å². The Kier molecular flexibility index (Phi) is 3.81. The van der Waals surface area contributed by atoms with Crippen molar-refractivity contribution in [2.24, 2.45) is 5.41 Å². The number of likely N-dealkylation sites (tertiary alicyclic amines) is 1. The molecule has 1 aliphatic rings. The Morgan fingerprint density at radius 3 is 2.71 bits per heavy atom. The molecule has 4 heteroatoms. The van der Waals surface area contributed by atoms with Crippen LogP contribution in [0.15, 0.2) is 36.7 Å². The van der Waals surface area contributed by atoms with Crippen LogP contribution in [0.4, 0.5) is 0 Å². The molecule has 0 aliphatic carbocycles. The van der Waals surface area contributed by atoms with E-state index in [1.54, 1.807) is 0 Å². The molecule has 1 saturated heterocycles. The molecule has 2 aromatic rings. The minimum atomic E-state index is 0.290. The van der Waals surface area contributed by atoms with Gasteiger partial charge < -0.3 is 4.57 Å². The maximum atomic E-state index is 4.27. The van der Waals surface area contributed by atoms with Crippen molar-refractivity contribution in [3.8, 4) is 0 Å². The summed E-state index contributed by atoms with van der Waals surface area (Å²) >= 11 is 0. The summed E-state index contributed by atoms with van der Waals surface area (Å²) in [5.41, 5.74) is 1.74. The average Bonchev–Trinajstić information content (AvgIpc) is 3.03. The highest BCUT2D eigenvalue weighted by Crippen LogP contribution is 2.42. The molecule has 1 aliphatic heterocycles.